The maximum atomic E-state index is 13.6. The summed E-state index contributed by atoms with van der Waals surface area (Å²) in [5.74, 6) is 2.27. The Balaban J connectivity index is 1.38. The molecule has 0 radical (unpaired) electrons. The van der Waals surface area contributed by atoms with Gasteiger partial charge in [0, 0.05) is 19.3 Å². The normalized spacial score (nSPS) is 44.1. The Bertz CT molecular complexity index is 1020. The Hall–Kier alpha value is -1.63. The van der Waals surface area contributed by atoms with Crippen LogP contribution >= 0.6 is 0 Å². The molecule has 0 amide bonds. The first kappa shape index (κ1) is 31.8. The minimum Gasteiger partial charge on any atom is -0.465 e. The summed E-state index contributed by atoms with van der Waals surface area (Å²) in [5, 5.41) is 0. The molecule has 3 aliphatic carbocycles. The van der Waals surface area contributed by atoms with E-state index in [-0.39, 0.29) is 53.4 Å². The standard InChI is InChI=1S/C35H56O7/c1-9-21(19(4)5)32-31(42-32)20(6)23-12-13-24-22-18-39-33(38)26-16-27(40-29(36)10-2)28(41-30(37)11-3)17-35(26,8)25(22)14-15-34(23,24)7/h19-28,31-32H,9-18H2,1-8H3/t20-,21-,22-,23?,24-,25?,26+,27-,28+,31?,32?,34+,35+/m0/s1. The van der Waals surface area contributed by atoms with Crippen LogP contribution < -0.4 is 0 Å². The van der Waals surface area contributed by atoms with Gasteiger partial charge in [-0.05, 0) is 84.4 Å². The highest BCUT2D eigenvalue weighted by Gasteiger charge is 2.65. The zero-order chi connectivity index (χ0) is 30.6. The summed E-state index contributed by atoms with van der Waals surface area (Å²) in [4.78, 5) is 38.4. The highest BCUT2D eigenvalue weighted by Crippen LogP contribution is 2.67. The number of ether oxygens (including phenoxy) is 4. The van der Waals surface area contributed by atoms with Gasteiger partial charge in [0.05, 0.1) is 24.7 Å². The van der Waals surface area contributed by atoms with Crippen LogP contribution in [0.3, 0.4) is 0 Å². The number of hydrogen-bond donors (Lipinski definition) is 0. The van der Waals surface area contributed by atoms with Gasteiger partial charge in [0.1, 0.15) is 12.2 Å². The predicted octanol–water partition coefficient (Wildman–Crippen LogP) is 6.75. The fraction of sp³-hybridized carbons (Fsp3) is 0.914. The Labute approximate surface area is 253 Å². The molecule has 0 N–H and O–H groups in total. The Morgan fingerprint density at radius 3 is 2.17 bits per heavy atom. The molecule has 13 atom stereocenters. The molecule has 7 nitrogen and oxygen atoms in total. The van der Waals surface area contributed by atoms with Gasteiger partial charge in [-0.15, -0.1) is 0 Å². The molecule has 238 valence electrons. The second-order valence-electron chi connectivity index (χ2n) is 15.2. The molecule has 0 spiro atoms. The zero-order valence-corrected chi connectivity index (χ0v) is 27.4. The first-order chi connectivity index (χ1) is 19.9. The predicted molar refractivity (Wildman–Crippen MR) is 159 cm³/mol. The largest absolute Gasteiger partial charge is 0.465 e. The van der Waals surface area contributed by atoms with Gasteiger partial charge < -0.3 is 18.9 Å². The number of hydrogen-bond acceptors (Lipinski definition) is 7. The molecular formula is C35H56O7. The minimum absolute atomic E-state index is 0.178. The van der Waals surface area contributed by atoms with E-state index in [4.69, 9.17) is 18.9 Å². The molecule has 42 heavy (non-hydrogen) atoms. The molecule has 2 heterocycles. The topological polar surface area (TPSA) is 91.4 Å². The van der Waals surface area contributed by atoms with Crippen molar-refractivity contribution < 1.29 is 33.3 Å². The smallest absolute Gasteiger partial charge is 0.309 e. The number of fused-ring (bicyclic) bond motifs is 5. The summed E-state index contributed by atoms with van der Waals surface area (Å²) in [7, 11) is 0. The van der Waals surface area contributed by atoms with E-state index in [9.17, 15) is 14.4 Å². The van der Waals surface area contributed by atoms with Crippen molar-refractivity contribution in [3.05, 3.63) is 0 Å². The van der Waals surface area contributed by atoms with Crippen molar-refractivity contribution in [3.8, 4) is 0 Å². The Morgan fingerprint density at radius 2 is 1.55 bits per heavy atom. The van der Waals surface area contributed by atoms with Crippen LogP contribution in [0.15, 0.2) is 0 Å². The van der Waals surface area contributed by atoms with Crippen LogP contribution in [0.4, 0.5) is 0 Å². The van der Waals surface area contributed by atoms with Crippen LogP contribution in [0.1, 0.15) is 113 Å². The fourth-order valence-corrected chi connectivity index (χ4v) is 10.6. The van der Waals surface area contributed by atoms with E-state index in [2.05, 4.69) is 41.5 Å². The van der Waals surface area contributed by atoms with Crippen molar-refractivity contribution in [2.75, 3.05) is 6.61 Å². The van der Waals surface area contributed by atoms with Crippen molar-refractivity contribution in [3.63, 3.8) is 0 Å². The maximum Gasteiger partial charge on any atom is 0.309 e. The molecule has 4 unspecified atom stereocenters. The number of carbonyl (C=O) groups excluding carboxylic acids is 3. The molecule has 0 bridgehead atoms. The summed E-state index contributed by atoms with van der Waals surface area (Å²) in [5.41, 5.74) is -0.186. The van der Waals surface area contributed by atoms with Crippen molar-refractivity contribution in [2.45, 2.75) is 138 Å². The maximum absolute atomic E-state index is 13.6. The molecule has 0 aromatic carbocycles. The quantitative estimate of drug-likeness (QED) is 0.167. The van der Waals surface area contributed by atoms with Gasteiger partial charge in [0.25, 0.3) is 0 Å². The second kappa shape index (κ2) is 12.0. The summed E-state index contributed by atoms with van der Waals surface area (Å²) in [6.07, 6.45) is 6.68. The van der Waals surface area contributed by atoms with E-state index < -0.39 is 12.2 Å². The molecule has 5 rings (SSSR count). The van der Waals surface area contributed by atoms with E-state index in [1.807, 2.05) is 0 Å². The SMILES string of the molecule is CCC(=O)O[C@H]1C[C@@H]2C(=O)OC[C@@H]3C(CC[C@]4(C)C([C@H](C)C5OC5[C@@H](CC)C(C)C)CC[C@@H]34)[C@@]2(C)C[C@H]1OC(=O)CC. The van der Waals surface area contributed by atoms with Crippen LogP contribution in [0.5, 0.6) is 0 Å². The van der Waals surface area contributed by atoms with Gasteiger partial charge >= 0.3 is 17.9 Å². The van der Waals surface area contributed by atoms with Gasteiger partial charge in [-0.3, -0.25) is 14.4 Å². The van der Waals surface area contributed by atoms with Crippen LogP contribution in [0.2, 0.25) is 0 Å². The average Bonchev–Trinajstić information content (AvgIpc) is 3.66. The monoisotopic (exact) mass is 588 g/mol. The Kier molecular flexibility index (Phi) is 9.12. The summed E-state index contributed by atoms with van der Waals surface area (Å²) >= 11 is 0. The molecule has 5 aliphatic rings. The number of carbonyl (C=O) groups is 3. The van der Waals surface area contributed by atoms with E-state index in [1.54, 1.807) is 13.8 Å². The summed E-state index contributed by atoms with van der Waals surface area (Å²) in [6, 6.07) is 0. The molecule has 3 saturated carbocycles. The highest BCUT2D eigenvalue weighted by molar-refractivity contribution is 5.75. The van der Waals surface area contributed by atoms with Crippen molar-refractivity contribution in [2.24, 2.45) is 58.2 Å². The lowest BCUT2D eigenvalue weighted by Gasteiger charge is -2.56. The first-order valence-corrected chi connectivity index (χ1v) is 17.1. The third-order valence-corrected chi connectivity index (χ3v) is 13.0. The Morgan fingerprint density at radius 1 is 0.905 bits per heavy atom. The van der Waals surface area contributed by atoms with E-state index in [0.29, 0.717) is 67.2 Å². The van der Waals surface area contributed by atoms with Gasteiger partial charge in [0.2, 0.25) is 0 Å². The van der Waals surface area contributed by atoms with E-state index >= 15 is 0 Å². The molecular weight excluding hydrogens is 532 g/mol. The van der Waals surface area contributed by atoms with Crippen molar-refractivity contribution >= 4 is 17.9 Å². The van der Waals surface area contributed by atoms with Crippen LogP contribution in [-0.4, -0.2) is 48.9 Å². The number of esters is 3. The summed E-state index contributed by atoms with van der Waals surface area (Å²) < 4.78 is 24.2. The van der Waals surface area contributed by atoms with E-state index in [0.717, 1.165) is 25.7 Å². The third kappa shape index (κ3) is 5.43. The highest BCUT2D eigenvalue weighted by atomic mass is 16.6. The van der Waals surface area contributed by atoms with Gasteiger partial charge in [-0.25, -0.2) is 0 Å². The number of cyclic esters (lactones) is 1. The van der Waals surface area contributed by atoms with Crippen LogP contribution in [-0.2, 0) is 33.3 Å². The third-order valence-electron chi connectivity index (χ3n) is 13.0. The molecule has 0 aromatic heterocycles. The lowest BCUT2D eigenvalue weighted by Crippen LogP contribution is -2.56. The summed E-state index contributed by atoms with van der Waals surface area (Å²) in [6.45, 7) is 18.1. The molecule has 2 aliphatic heterocycles. The average molecular weight is 589 g/mol. The minimum atomic E-state index is -0.620. The molecule has 0 aromatic rings. The second-order valence-corrected chi connectivity index (χ2v) is 15.2. The fourth-order valence-electron chi connectivity index (χ4n) is 10.6. The van der Waals surface area contributed by atoms with Gasteiger partial charge in [-0.1, -0.05) is 61.8 Å². The van der Waals surface area contributed by atoms with Crippen LogP contribution in [0.25, 0.3) is 0 Å². The number of epoxide rings is 1. The van der Waals surface area contributed by atoms with Gasteiger partial charge in [0.15, 0.2) is 0 Å². The zero-order valence-electron chi connectivity index (χ0n) is 27.4. The lowest BCUT2D eigenvalue weighted by molar-refractivity contribution is -0.190. The van der Waals surface area contributed by atoms with Crippen LogP contribution in [0, 0.1) is 58.2 Å². The number of rotatable bonds is 9. The molecule has 5 fully saturated rings. The first-order valence-electron chi connectivity index (χ1n) is 17.1. The molecule has 2 saturated heterocycles. The van der Waals surface area contributed by atoms with Crippen molar-refractivity contribution in [1.82, 2.24) is 0 Å². The van der Waals surface area contributed by atoms with E-state index in [1.165, 1.54) is 6.42 Å². The lowest BCUT2D eigenvalue weighted by atomic mass is 9.48. The van der Waals surface area contributed by atoms with Gasteiger partial charge in [-0.2, -0.15) is 0 Å². The molecule has 7 heteroatoms. The van der Waals surface area contributed by atoms with Crippen molar-refractivity contribution in [1.29, 1.82) is 0 Å².